The van der Waals surface area contributed by atoms with Crippen molar-refractivity contribution in [2.24, 2.45) is 0 Å². The summed E-state index contributed by atoms with van der Waals surface area (Å²) in [6.07, 6.45) is 7.14. The summed E-state index contributed by atoms with van der Waals surface area (Å²) in [5.74, 6) is 0.869. The average molecular weight is 302 g/mol. The molecule has 120 valence electrons. The third-order valence-corrected chi connectivity index (χ3v) is 4.88. The van der Waals surface area contributed by atoms with E-state index in [-0.39, 0.29) is 5.91 Å². The second kappa shape index (κ2) is 6.65. The first kappa shape index (κ1) is 15.3. The molecular weight excluding hydrogens is 276 g/mol. The van der Waals surface area contributed by atoms with Gasteiger partial charge in [0, 0.05) is 52.5 Å². The second-order valence-corrected chi connectivity index (χ2v) is 6.54. The maximum Gasteiger partial charge on any atom is 0.257 e. The van der Waals surface area contributed by atoms with Crippen molar-refractivity contribution in [2.45, 2.75) is 31.7 Å². The lowest BCUT2D eigenvalue weighted by atomic mass is 10.1. The minimum atomic E-state index is 0.114. The number of aromatic nitrogens is 1. The molecule has 1 aliphatic carbocycles. The van der Waals surface area contributed by atoms with Gasteiger partial charge in [-0.25, -0.2) is 4.98 Å². The van der Waals surface area contributed by atoms with E-state index in [2.05, 4.69) is 9.88 Å². The number of hydrogen-bond acceptors (Lipinski definition) is 4. The van der Waals surface area contributed by atoms with Gasteiger partial charge in [-0.15, -0.1) is 0 Å². The normalized spacial score (nSPS) is 20.4. The van der Waals surface area contributed by atoms with Crippen molar-refractivity contribution in [1.29, 1.82) is 0 Å². The SMILES string of the molecule is CN(C)c1ncccc1C(=O)N1CCN(C2CCCC2)CC1. The zero-order chi connectivity index (χ0) is 15.5. The van der Waals surface area contributed by atoms with Crippen molar-refractivity contribution >= 4 is 11.7 Å². The van der Waals surface area contributed by atoms with E-state index in [1.165, 1.54) is 25.7 Å². The predicted octanol–water partition coefficient (Wildman–Crippen LogP) is 1.85. The van der Waals surface area contributed by atoms with E-state index in [1.54, 1.807) is 6.20 Å². The minimum absolute atomic E-state index is 0.114. The maximum atomic E-state index is 12.8. The van der Waals surface area contributed by atoms with E-state index in [9.17, 15) is 4.79 Å². The largest absolute Gasteiger partial charge is 0.362 e. The molecule has 0 atom stereocenters. The first-order valence-electron chi connectivity index (χ1n) is 8.32. The number of pyridine rings is 1. The Morgan fingerprint density at radius 1 is 1.18 bits per heavy atom. The summed E-state index contributed by atoms with van der Waals surface area (Å²) in [6.45, 7) is 3.68. The predicted molar refractivity (Wildman–Crippen MR) is 88.3 cm³/mol. The van der Waals surface area contributed by atoms with Gasteiger partial charge in [0.2, 0.25) is 0 Å². The molecule has 5 nitrogen and oxygen atoms in total. The highest BCUT2D eigenvalue weighted by Crippen LogP contribution is 2.25. The van der Waals surface area contributed by atoms with Crippen LogP contribution in [0.1, 0.15) is 36.0 Å². The number of piperazine rings is 1. The Morgan fingerprint density at radius 2 is 1.86 bits per heavy atom. The molecule has 0 radical (unpaired) electrons. The van der Waals surface area contributed by atoms with Crippen LogP contribution in [0.15, 0.2) is 18.3 Å². The van der Waals surface area contributed by atoms with Crippen molar-refractivity contribution in [2.75, 3.05) is 45.2 Å². The molecule has 1 aliphatic heterocycles. The standard InChI is InChI=1S/C17H26N4O/c1-19(2)16-15(8-5-9-18-16)17(22)21-12-10-20(11-13-21)14-6-3-4-7-14/h5,8-9,14H,3-4,6-7,10-13H2,1-2H3. The molecule has 0 bridgehead atoms. The van der Waals surface area contributed by atoms with Crippen LogP contribution in [0.5, 0.6) is 0 Å². The van der Waals surface area contributed by atoms with Crippen LogP contribution in [0.3, 0.4) is 0 Å². The van der Waals surface area contributed by atoms with Crippen LogP contribution in [-0.4, -0.2) is 67.0 Å². The van der Waals surface area contributed by atoms with Gasteiger partial charge in [0.25, 0.3) is 5.91 Å². The Kier molecular flexibility index (Phi) is 4.62. The van der Waals surface area contributed by atoms with Gasteiger partial charge in [0.15, 0.2) is 0 Å². The van der Waals surface area contributed by atoms with Crippen molar-refractivity contribution in [3.63, 3.8) is 0 Å². The van der Waals surface area contributed by atoms with Gasteiger partial charge < -0.3 is 9.80 Å². The number of rotatable bonds is 3. The van der Waals surface area contributed by atoms with Crippen LogP contribution < -0.4 is 4.90 Å². The second-order valence-electron chi connectivity index (χ2n) is 6.54. The highest BCUT2D eigenvalue weighted by Gasteiger charge is 2.29. The van der Waals surface area contributed by atoms with Crippen molar-refractivity contribution in [3.05, 3.63) is 23.9 Å². The molecule has 0 N–H and O–H groups in total. The lowest BCUT2D eigenvalue weighted by Crippen LogP contribution is -2.51. The molecular formula is C17H26N4O. The van der Waals surface area contributed by atoms with E-state index >= 15 is 0 Å². The Balaban J connectivity index is 1.65. The molecule has 5 heteroatoms. The first-order valence-corrected chi connectivity index (χ1v) is 8.32. The molecule has 2 fully saturated rings. The van der Waals surface area contributed by atoms with Gasteiger partial charge in [-0.05, 0) is 25.0 Å². The van der Waals surface area contributed by atoms with Crippen molar-refractivity contribution < 1.29 is 4.79 Å². The van der Waals surface area contributed by atoms with Gasteiger partial charge in [0.05, 0.1) is 5.56 Å². The van der Waals surface area contributed by atoms with Crippen LogP contribution in [0.4, 0.5) is 5.82 Å². The van der Waals surface area contributed by atoms with E-state index < -0.39 is 0 Å². The molecule has 1 aromatic heterocycles. The average Bonchev–Trinajstić information content (AvgIpc) is 3.09. The fraction of sp³-hybridized carbons (Fsp3) is 0.647. The van der Waals surface area contributed by atoms with Crippen molar-refractivity contribution in [1.82, 2.24) is 14.8 Å². The maximum absolute atomic E-state index is 12.8. The smallest absolute Gasteiger partial charge is 0.257 e. The number of amides is 1. The molecule has 1 saturated heterocycles. The number of carbonyl (C=O) groups is 1. The van der Waals surface area contributed by atoms with Crippen molar-refractivity contribution in [3.8, 4) is 0 Å². The Morgan fingerprint density at radius 3 is 2.50 bits per heavy atom. The quantitative estimate of drug-likeness (QED) is 0.854. The number of carbonyl (C=O) groups excluding carboxylic acids is 1. The molecule has 1 aromatic rings. The molecule has 3 rings (SSSR count). The van der Waals surface area contributed by atoms with Gasteiger partial charge >= 0.3 is 0 Å². The highest BCUT2D eigenvalue weighted by molar-refractivity contribution is 5.98. The summed E-state index contributed by atoms with van der Waals surface area (Å²) in [7, 11) is 3.86. The zero-order valence-electron chi connectivity index (χ0n) is 13.7. The topological polar surface area (TPSA) is 39.7 Å². The third-order valence-electron chi connectivity index (χ3n) is 4.88. The van der Waals surface area contributed by atoms with Gasteiger partial charge in [-0.3, -0.25) is 9.69 Å². The lowest BCUT2D eigenvalue weighted by Gasteiger charge is -2.38. The number of anilines is 1. The van der Waals surface area contributed by atoms with Crippen LogP contribution in [0, 0.1) is 0 Å². The number of nitrogens with zero attached hydrogens (tertiary/aromatic N) is 4. The molecule has 0 unspecified atom stereocenters. The molecule has 22 heavy (non-hydrogen) atoms. The third kappa shape index (κ3) is 3.09. The molecule has 1 amide bonds. The van der Waals surface area contributed by atoms with E-state index in [1.807, 2.05) is 36.0 Å². The summed E-state index contributed by atoms with van der Waals surface area (Å²) in [5, 5.41) is 0. The van der Waals surface area contributed by atoms with Crippen LogP contribution in [0.2, 0.25) is 0 Å². The van der Waals surface area contributed by atoms with Gasteiger partial charge in [-0.2, -0.15) is 0 Å². The number of hydrogen-bond donors (Lipinski definition) is 0. The van der Waals surface area contributed by atoms with Crippen LogP contribution in [0.25, 0.3) is 0 Å². The summed E-state index contributed by atoms with van der Waals surface area (Å²) in [5.41, 5.74) is 0.710. The molecule has 2 aliphatic rings. The monoisotopic (exact) mass is 302 g/mol. The van der Waals surface area contributed by atoms with Gasteiger partial charge in [0.1, 0.15) is 5.82 Å². The molecule has 2 heterocycles. The summed E-state index contributed by atoms with van der Waals surface area (Å²) in [4.78, 5) is 23.6. The first-order chi connectivity index (χ1) is 10.7. The molecule has 0 spiro atoms. The lowest BCUT2D eigenvalue weighted by molar-refractivity contribution is 0.0573. The van der Waals surface area contributed by atoms with E-state index in [4.69, 9.17) is 0 Å². The fourth-order valence-electron chi connectivity index (χ4n) is 3.65. The van der Waals surface area contributed by atoms with Gasteiger partial charge in [-0.1, -0.05) is 12.8 Å². The highest BCUT2D eigenvalue weighted by atomic mass is 16.2. The molecule has 0 aromatic carbocycles. The summed E-state index contributed by atoms with van der Waals surface area (Å²) in [6, 6.07) is 4.48. The van der Waals surface area contributed by atoms with Crippen LogP contribution >= 0.6 is 0 Å². The Labute approximate surface area is 132 Å². The van der Waals surface area contributed by atoms with E-state index in [0.29, 0.717) is 5.56 Å². The fourth-order valence-corrected chi connectivity index (χ4v) is 3.65. The zero-order valence-corrected chi connectivity index (χ0v) is 13.7. The minimum Gasteiger partial charge on any atom is -0.362 e. The van der Waals surface area contributed by atoms with Crippen LogP contribution in [-0.2, 0) is 0 Å². The summed E-state index contributed by atoms with van der Waals surface area (Å²) >= 11 is 0. The summed E-state index contributed by atoms with van der Waals surface area (Å²) < 4.78 is 0. The van der Waals surface area contributed by atoms with E-state index in [0.717, 1.165) is 38.0 Å². The Bertz CT molecular complexity index is 517. The molecule has 1 saturated carbocycles. The Hall–Kier alpha value is -1.62.